The number of benzene rings is 8. The van der Waals surface area contributed by atoms with E-state index >= 15 is 4.57 Å². The van der Waals surface area contributed by atoms with Gasteiger partial charge in [0.15, 0.2) is 7.14 Å². The third-order valence-electron chi connectivity index (χ3n) is 10.7. The number of aromatic nitrogens is 1. The molecule has 11 aromatic rings. The molecule has 0 aliphatic carbocycles. The summed E-state index contributed by atoms with van der Waals surface area (Å²) in [6, 6.07) is 64.0. The van der Waals surface area contributed by atoms with Gasteiger partial charge in [-0.1, -0.05) is 152 Å². The lowest BCUT2D eigenvalue weighted by atomic mass is 10.0. The Hall–Kier alpha value is -5.77. The summed E-state index contributed by atoms with van der Waals surface area (Å²) in [7, 11) is -3.20. The van der Waals surface area contributed by atoms with E-state index < -0.39 is 7.14 Å². The maximum Gasteiger partial charge on any atom is 0.171 e. The molecular formula is C48H30NOPS2. The molecule has 53 heavy (non-hydrogen) atoms. The van der Waals surface area contributed by atoms with E-state index in [9.17, 15) is 0 Å². The van der Waals surface area contributed by atoms with Gasteiger partial charge in [-0.15, -0.1) is 22.7 Å². The lowest BCUT2D eigenvalue weighted by Crippen LogP contribution is -2.25. The molecule has 0 N–H and O–H groups in total. The molecule has 2 nitrogen and oxygen atoms in total. The van der Waals surface area contributed by atoms with Crippen LogP contribution in [0.2, 0.25) is 0 Å². The van der Waals surface area contributed by atoms with Gasteiger partial charge in [0.2, 0.25) is 0 Å². The Morgan fingerprint density at radius 2 is 0.943 bits per heavy atom. The van der Waals surface area contributed by atoms with Crippen LogP contribution in [-0.2, 0) is 4.57 Å². The van der Waals surface area contributed by atoms with E-state index in [0.29, 0.717) is 0 Å². The number of thiophene rings is 2. The summed E-state index contributed by atoms with van der Waals surface area (Å²) in [6.45, 7) is 0. The minimum Gasteiger partial charge on any atom is -0.309 e. The van der Waals surface area contributed by atoms with Crippen molar-refractivity contribution in [3.63, 3.8) is 0 Å². The van der Waals surface area contributed by atoms with Gasteiger partial charge in [-0.3, -0.25) is 0 Å². The van der Waals surface area contributed by atoms with E-state index in [1.807, 2.05) is 83.3 Å². The molecule has 5 heteroatoms. The van der Waals surface area contributed by atoms with Crippen molar-refractivity contribution in [2.45, 2.75) is 0 Å². The van der Waals surface area contributed by atoms with Crippen molar-refractivity contribution in [3.05, 3.63) is 182 Å². The van der Waals surface area contributed by atoms with Gasteiger partial charge in [0.1, 0.15) is 0 Å². The first kappa shape index (κ1) is 30.8. The van der Waals surface area contributed by atoms with Crippen LogP contribution < -0.4 is 15.9 Å². The minimum atomic E-state index is -3.20. The highest BCUT2D eigenvalue weighted by molar-refractivity contribution is 7.85. The van der Waals surface area contributed by atoms with E-state index in [1.54, 1.807) is 0 Å². The zero-order valence-electron chi connectivity index (χ0n) is 28.4. The van der Waals surface area contributed by atoms with Crippen LogP contribution in [0.3, 0.4) is 0 Å². The molecule has 8 aromatic carbocycles. The quantitative estimate of drug-likeness (QED) is 0.162. The summed E-state index contributed by atoms with van der Waals surface area (Å²) in [5.41, 5.74) is 5.64. The molecule has 0 bridgehead atoms. The highest BCUT2D eigenvalue weighted by Crippen LogP contribution is 2.47. The van der Waals surface area contributed by atoms with Crippen LogP contribution in [0.1, 0.15) is 0 Å². The van der Waals surface area contributed by atoms with Gasteiger partial charge in [-0.25, -0.2) is 0 Å². The first-order valence-corrected chi connectivity index (χ1v) is 21.1. The molecule has 0 saturated heterocycles. The van der Waals surface area contributed by atoms with E-state index in [0.717, 1.165) is 38.0 Å². The van der Waals surface area contributed by atoms with Gasteiger partial charge in [-0.05, 0) is 46.8 Å². The number of hydrogen-bond acceptors (Lipinski definition) is 3. The molecule has 3 aromatic heterocycles. The summed E-state index contributed by atoms with van der Waals surface area (Å²) in [5.74, 6) is 0. The average Bonchev–Trinajstić information content (AvgIpc) is 3.88. The first-order chi connectivity index (χ1) is 26.1. The van der Waals surface area contributed by atoms with E-state index in [4.69, 9.17) is 0 Å². The monoisotopic (exact) mass is 731 g/mol. The van der Waals surface area contributed by atoms with Crippen molar-refractivity contribution >= 4 is 108 Å². The number of fused-ring (bicyclic) bond motifs is 9. The van der Waals surface area contributed by atoms with Gasteiger partial charge < -0.3 is 9.13 Å². The van der Waals surface area contributed by atoms with Crippen LogP contribution in [0, 0.1) is 0 Å². The fraction of sp³-hybridized carbons (Fsp3) is 0. The van der Waals surface area contributed by atoms with Crippen molar-refractivity contribution < 1.29 is 4.57 Å². The Morgan fingerprint density at radius 1 is 0.396 bits per heavy atom. The summed E-state index contributed by atoms with van der Waals surface area (Å²) in [5, 5.41) is 9.82. The predicted octanol–water partition coefficient (Wildman–Crippen LogP) is 12.8. The number of nitrogens with zero attached hydrogens (tertiary/aromatic N) is 1. The van der Waals surface area contributed by atoms with Gasteiger partial charge in [0.05, 0.1) is 26.1 Å². The van der Waals surface area contributed by atoms with Crippen LogP contribution in [0.15, 0.2) is 182 Å². The topological polar surface area (TPSA) is 22.0 Å². The molecule has 3 heterocycles. The summed E-state index contributed by atoms with van der Waals surface area (Å²) < 4.78 is 23.4. The molecule has 0 aliphatic heterocycles. The van der Waals surface area contributed by atoms with E-state index in [-0.39, 0.29) is 0 Å². The fourth-order valence-electron chi connectivity index (χ4n) is 8.15. The van der Waals surface area contributed by atoms with Crippen molar-refractivity contribution in [1.29, 1.82) is 0 Å². The van der Waals surface area contributed by atoms with Gasteiger partial charge in [-0.2, -0.15) is 0 Å². The number of rotatable bonds is 5. The minimum absolute atomic E-state index is 0.822. The predicted molar refractivity (Wildman–Crippen MR) is 231 cm³/mol. The Labute approximate surface area is 314 Å². The Morgan fingerprint density at radius 3 is 1.70 bits per heavy atom. The highest BCUT2D eigenvalue weighted by atomic mass is 32.1. The van der Waals surface area contributed by atoms with Crippen LogP contribution in [-0.4, -0.2) is 4.57 Å². The summed E-state index contributed by atoms with van der Waals surface area (Å²) in [4.78, 5) is 0. The maximum atomic E-state index is 15.6. The van der Waals surface area contributed by atoms with Crippen molar-refractivity contribution in [1.82, 2.24) is 4.57 Å². The SMILES string of the molecule is O=P(c1ccccc1)(c1ccccc1)c1ccc2c3ccc(-c4ccc5c(c4)sc4c6ccccc6sc54)cc3n(-c3cccc4ccccc34)c2c1. The van der Waals surface area contributed by atoms with Crippen LogP contribution >= 0.6 is 29.8 Å². The molecule has 0 aliphatic rings. The molecular weight excluding hydrogens is 702 g/mol. The molecule has 0 amide bonds. The second-order valence-electron chi connectivity index (χ2n) is 13.6. The molecule has 0 unspecified atom stereocenters. The van der Waals surface area contributed by atoms with Gasteiger partial charge in [0.25, 0.3) is 0 Å². The highest BCUT2D eigenvalue weighted by Gasteiger charge is 2.30. The molecule has 0 atom stereocenters. The number of hydrogen-bond donors (Lipinski definition) is 0. The Kier molecular flexibility index (Phi) is 6.91. The van der Waals surface area contributed by atoms with Crippen molar-refractivity contribution in [2.24, 2.45) is 0 Å². The smallest absolute Gasteiger partial charge is 0.171 e. The standard InChI is InChI=1S/C48H30NOPS2/c50-51(34-14-3-1-4-15-34,35-16-5-2-6-17-35)36-24-27-39-38-25-22-32(28-43(38)49(44(39)30-36)42-20-11-13-31-12-7-8-18-37(31)42)33-23-26-41-46(29-33)53-47-40-19-9-10-21-45(40)52-48(41)47/h1-30H. The van der Waals surface area contributed by atoms with Crippen LogP contribution in [0.4, 0.5) is 0 Å². The Balaban J connectivity index is 1.17. The molecule has 0 saturated carbocycles. The first-order valence-electron chi connectivity index (χ1n) is 17.8. The molecule has 250 valence electrons. The maximum absolute atomic E-state index is 15.6. The Bertz CT molecular complexity index is 3220. The largest absolute Gasteiger partial charge is 0.309 e. The summed E-state index contributed by atoms with van der Waals surface area (Å²) >= 11 is 3.79. The second kappa shape index (κ2) is 11.9. The van der Waals surface area contributed by atoms with E-state index in [2.05, 4.69) is 126 Å². The normalized spacial score (nSPS) is 12.2. The third-order valence-corrected chi connectivity index (χ3v) is 16.3. The van der Waals surface area contributed by atoms with Crippen molar-refractivity contribution in [3.8, 4) is 16.8 Å². The van der Waals surface area contributed by atoms with Crippen LogP contribution in [0.5, 0.6) is 0 Å². The van der Waals surface area contributed by atoms with Gasteiger partial charge in [0, 0.05) is 52.2 Å². The summed E-state index contributed by atoms with van der Waals surface area (Å²) in [6.07, 6.45) is 0. The van der Waals surface area contributed by atoms with E-state index in [1.165, 1.54) is 56.9 Å². The zero-order valence-corrected chi connectivity index (χ0v) is 31.0. The zero-order chi connectivity index (χ0) is 35.1. The average molecular weight is 732 g/mol. The van der Waals surface area contributed by atoms with Gasteiger partial charge >= 0.3 is 0 Å². The second-order valence-corrected chi connectivity index (χ2v) is 18.5. The van der Waals surface area contributed by atoms with Crippen LogP contribution in [0.25, 0.3) is 79.0 Å². The molecule has 0 radical (unpaired) electrons. The lowest BCUT2D eigenvalue weighted by molar-refractivity contribution is 0.592. The lowest BCUT2D eigenvalue weighted by Gasteiger charge is -2.20. The van der Waals surface area contributed by atoms with Crippen molar-refractivity contribution in [2.75, 3.05) is 0 Å². The molecule has 0 spiro atoms. The third kappa shape index (κ3) is 4.67. The fourth-order valence-corrected chi connectivity index (χ4v) is 13.5. The molecule has 0 fully saturated rings. The molecule has 11 rings (SSSR count).